The third kappa shape index (κ3) is 3.84. The van der Waals surface area contributed by atoms with Gasteiger partial charge in [-0.15, -0.1) is 0 Å². The van der Waals surface area contributed by atoms with Crippen molar-refractivity contribution in [3.8, 4) is 11.5 Å². The lowest BCUT2D eigenvalue weighted by Gasteiger charge is -2.39. The first-order valence-electron chi connectivity index (χ1n) is 9.55. The summed E-state index contributed by atoms with van der Waals surface area (Å²) in [4.78, 5) is 14.1. The highest BCUT2D eigenvalue weighted by atomic mass is 16.5. The van der Waals surface area contributed by atoms with Crippen LogP contribution < -0.4 is 4.90 Å². The van der Waals surface area contributed by atoms with Crippen molar-refractivity contribution in [1.29, 1.82) is 0 Å². The van der Waals surface area contributed by atoms with Gasteiger partial charge in [0.05, 0.1) is 0 Å². The predicted molar refractivity (Wildman–Crippen MR) is 97.5 cm³/mol. The lowest BCUT2D eigenvalue weighted by Crippen LogP contribution is -2.48. The van der Waals surface area contributed by atoms with Gasteiger partial charge in [0.15, 0.2) is 5.82 Å². The molecule has 4 rings (SSSR count). The molecule has 0 N–H and O–H groups in total. The predicted octanol–water partition coefficient (Wildman–Crippen LogP) is 3.28. The van der Waals surface area contributed by atoms with E-state index in [2.05, 4.69) is 31.0 Å². The molecule has 1 atom stereocenters. The van der Waals surface area contributed by atoms with Crippen LogP contribution in [0.15, 0.2) is 22.9 Å². The van der Waals surface area contributed by atoms with Crippen molar-refractivity contribution in [2.24, 2.45) is 0 Å². The molecular formula is C19H27N5O. The van der Waals surface area contributed by atoms with Crippen LogP contribution in [0, 0.1) is 6.92 Å². The highest BCUT2D eigenvalue weighted by Gasteiger charge is 2.26. The topological polar surface area (TPSA) is 58.3 Å². The number of rotatable bonds is 3. The summed E-state index contributed by atoms with van der Waals surface area (Å²) in [5.74, 6) is 2.25. The highest BCUT2D eigenvalue weighted by molar-refractivity contribution is 5.58. The number of hydrogen-bond acceptors (Lipinski definition) is 6. The minimum absolute atomic E-state index is 0.572. The SMILES string of the molecule is Cc1noc(-c2ccnc(N3CCCC(N4CCCCCC4)C3)c2)n1. The van der Waals surface area contributed by atoms with E-state index in [1.807, 2.05) is 19.2 Å². The molecule has 0 radical (unpaired) electrons. The van der Waals surface area contributed by atoms with Crippen molar-refractivity contribution in [3.05, 3.63) is 24.2 Å². The van der Waals surface area contributed by atoms with Crippen molar-refractivity contribution >= 4 is 5.82 Å². The molecule has 4 heterocycles. The zero-order chi connectivity index (χ0) is 17.1. The van der Waals surface area contributed by atoms with Crippen molar-refractivity contribution in [3.63, 3.8) is 0 Å². The van der Waals surface area contributed by atoms with E-state index >= 15 is 0 Å². The Morgan fingerprint density at radius 1 is 1.08 bits per heavy atom. The van der Waals surface area contributed by atoms with Gasteiger partial charge in [-0.05, 0) is 57.8 Å². The molecule has 0 aromatic carbocycles. The van der Waals surface area contributed by atoms with E-state index in [1.54, 1.807) is 0 Å². The van der Waals surface area contributed by atoms with E-state index in [9.17, 15) is 0 Å². The average Bonchev–Trinajstić information content (AvgIpc) is 2.92. The molecule has 6 heteroatoms. The summed E-state index contributed by atoms with van der Waals surface area (Å²) < 4.78 is 5.31. The van der Waals surface area contributed by atoms with Gasteiger partial charge in [0.2, 0.25) is 0 Å². The zero-order valence-electron chi connectivity index (χ0n) is 15.0. The van der Waals surface area contributed by atoms with Crippen LogP contribution in [0.3, 0.4) is 0 Å². The van der Waals surface area contributed by atoms with Crippen LogP contribution in [-0.4, -0.2) is 52.2 Å². The summed E-state index contributed by atoms with van der Waals surface area (Å²) in [6.45, 7) is 6.50. The Hall–Kier alpha value is -1.95. The summed E-state index contributed by atoms with van der Waals surface area (Å²) >= 11 is 0. The minimum Gasteiger partial charge on any atom is -0.355 e. The van der Waals surface area contributed by atoms with Crippen molar-refractivity contribution in [1.82, 2.24) is 20.0 Å². The number of aryl methyl sites for hydroxylation is 1. The molecule has 25 heavy (non-hydrogen) atoms. The smallest absolute Gasteiger partial charge is 0.258 e. The molecule has 2 fully saturated rings. The summed E-state index contributed by atoms with van der Waals surface area (Å²) in [6, 6.07) is 4.67. The minimum atomic E-state index is 0.572. The van der Waals surface area contributed by atoms with E-state index < -0.39 is 0 Å². The van der Waals surface area contributed by atoms with Crippen LogP contribution in [0.2, 0.25) is 0 Å². The quantitative estimate of drug-likeness (QED) is 0.854. The number of nitrogens with zero attached hydrogens (tertiary/aromatic N) is 5. The van der Waals surface area contributed by atoms with Gasteiger partial charge >= 0.3 is 0 Å². The monoisotopic (exact) mass is 341 g/mol. The van der Waals surface area contributed by atoms with Gasteiger partial charge in [0.25, 0.3) is 5.89 Å². The molecule has 2 aliphatic rings. The molecule has 0 saturated carbocycles. The first-order chi connectivity index (χ1) is 12.3. The Morgan fingerprint density at radius 3 is 2.68 bits per heavy atom. The van der Waals surface area contributed by atoms with Gasteiger partial charge in [-0.25, -0.2) is 4.98 Å². The normalized spacial score (nSPS) is 22.8. The fraction of sp³-hybridized carbons (Fsp3) is 0.632. The summed E-state index contributed by atoms with van der Waals surface area (Å²) in [5.41, 5.74) is 0.947. The number of piperidine rings is 1. The van der Waals surface area contributed by atoms with Crippen LogP contribution in [-0.2, 0) is 0 Å². The molecule has 0 bridgehead atoms. The molecule has 2 aliphatic heterocycles. The van der Waals surface area contributed by atoms with Crippen LogP contribution >= 0.6 is 0 Å². The maximum absolute atomic E-state index is 5.31. The molecule has 2 aromatic heterocycles. The molecule has 0 aliphatic carbocycles. The molecule has 134 valence electrons. The second kappa shape index (κ2) is 7.52. The number of pyridine rings is 1. The molecule has 6 nitrogen and oxygen atoms in total. The molecule has 2 saturated heterocycles. The average molecular weight is 341 g/mol. The molecule has 0 amide bonds. The van der Waals surface area contributed by atoms with Crippen LogP contribution in [0.5, 0.6) is 0 Å². The third-order valence-electron chi connectivity index (χ3n) is 5.40. The van der Waals surface area contributed by atoms with E-state index in [-0.39, 0.29) is 0 Å². The summed E-state index contributed by atoms with van der Waals surface area (Å²) in [5, 5.41) is 3.89. The van der Waals surface area contributed by atoms with Gasteiger partial charge in [0, 0.05) is 30.9 Å². The Balaban J connectivity index is 1.49. The molecule has 2 aromatic rings. The second-order valence-corrected chi connectivity index (χ2v) is 7.24. The van der Waals surface area contributed by atoms with Gasteiger partial charge in [-0.1, -0.05) is 18.0 Å². The second-order valence-electron chi connectivity index (χ2n) is 7.24. The lowest BCUT2D eigenvalue weighted by atomic mass is 10.0. The number of hydrogen-bond donors (Lipinski definition) is 0. The van der Waals surface area contributed by atoms with Crippen molar-refractivity contribution in [2.45, 2.75) is 51.5 Å². The number of likely N-dealkylation sites (tertiary alicyclic amines) is 1. The Kier molecular flexibility index (Phi) is 4.97. The Labute approximate surface area is 149 Å². The van der Waals surface area contributed by atoms with E-state index in [0.29, 0.717) is 17.8 Å². The zero-order valence-corrected chi connectivity index (χ0v) is 15.0. The van der Waals surface area contributed by atoms with E-state index in [4.69, 9.17) is 4.52 Å². The Bertz CT molecular complexity index is 693. The van der Waals surface area contributed by atoms with Crippen LogP contribution in [0.25, 0.3) is 11.5 Å². The highest BCUT2D eigenvalue weighted by Crippen LogP contribution is 2.26. The van der Waals surface area contributed by atoms with Gasteiger partial charge in [-0.2, -0.15) is 4.98 Å². The first-order valence-corrected chi connectivity index (χ1v) is 9.55. The largest absolute Gasteiger partial charge is 0.355 e. The van der Waals surface area contributed by atoms with Gasteiger partial charge in [-0.3, -0.25) is 4.90 Å². The summed E-state index contributed by atoms with van der Waals surface area (Å²) in [7, 11) is 0. The number of aromatic nitrogens is 3. The van der Waals surface area contributed by atoms with Crippen molar-refractivity contribution < 1.29 is 4.52 Å². The summed E-state index contributed by atoms with van der Waals surface area (Å²) in [6.07, 6.45) is 9.85. The number of anilines is 1. The van der Waals surface area contributed by atoms with Crippen LogP contribution in [0.4, 0.5) is 5.82 Å². The van der Waals surface area contributed by atoms with Gasteiger partial charge in [0.1, 0.15) is 5.82 Å². The maximum Gasteiger partial charge on any atom is 0.258 e. The molecular weight excluding hydrogens is 314 g/mol. The fourth-order valence-corrected chi connectivity index (χ4v) is 4.06. The van der Waals surface area contributed by atoms with E-state index in [1.165, 1.54) is 51.6 Å². The maximum atomic E-state index is 5.31. The standard InChI is InChI=1S/C19H27N5O/c1-15-21-19(25-22-15)16-8-9-20-18(13-16)24-12-6-7-17(14-24)23-10-4-2-3-5-11-23/h8-9,13,17H,2-7,10-12,14H2,1H3. The first kappa shape index (κ1) is 16.5. The van der Waals surface area contributed by atoms with Crippen LogP contribution in [0.1, 0.15) is 44.3 Å². The van der Waals surface area contributed by atoms with E-state index in [0.717, 1.165) is 24.5 Å². The Morgan fingerprint density at radius 2 is 1.92 bits per heavy atom. The fourth-order valence-electron chi connectivity index (χ4n) is 4.06. The van der Waals surface area contributed by atoms with Gasteiger partial charge < -0.3 is 9.42 Å². The lowest BCUT2D eigenvalue weighted by molar-refractivity contribution is 0.182. The molecule has 1 unspecified atom stereocenters. The molecule has 0 spiro atoms. The third-order valence-corrected chi connectivity index (χ3v) is 5.40. The van der Waals surface area contributed by atoms with Crippen molar-refractivity contribution in [2.75, 3.05) is 31.1 Å².